The average molecular weight is 382 g/mol. The minimum absolute atomic E-state index is 0.138. The van der Waals surface area contributed by atoms with E-state index in [2.05, 4.69) is 0 Å². The molecule has 0 bridgehead atoms. The van der Waals surface area contributed by atoms with E-state index in [1.807, 2.05) is 50.4 Å². The van der Waals surface area contributed by atoms with Crippen LogP contribution in [0.5, 0.6) is 5.75 Å². The zero-order valence-electron chi connectivity index (χ0n) is 16.4. The lowest BCUT2D eigenvalue weighted by Crippen LogP contribution is -2.48. The van der Waals surface area contributed by atoms with Gasteiger partial charge in [0.1, 0.15) is 18.1 Å². The normalized spacial score (nSPS) is 22.1. The maximum absolute atomic E-state index is 13.0. The molecule has 0 saturated carbocycles. The van der Waals surface area contributed by atoms with E-state index in [4.69, 9.17) is 9.15 Å². The largest absolute Gasteiger partial charge is 0.486 e. The summed E-state index contributed by atoms with van der Waals surface area (Å²) in [4.78, 5) is 29.3. The Kier molecular flexibility index (Phi) is 4.87. The number of hydrogen-bond acceptors (Lipinski definition) is 4. The molecular formula is C22H26N2O4. The van der Waals surface area contributed by atoms with Crippen LogP contribution < -0.4 is 4.74 Å². The number of amides is 2. The summed E-state index contributed by atoms with van der Waals surface area (Å²) in [6.07, 6.45) is 2.57. The van der Waals surface area contributed by atoms with E-state index in [9.17, 15) is 9.59 Å². The van der Waals surface area contributed by atoms with Gasteiger partial charge in [0.15, 0.2) is 5.76 Å². The maximum atomic E-state index is 13.0. The van der Waals surface area contributed by atoms with Gasteiger partial charge in [0.2, 0.25) is 5.91 Å². The maximum Gasteiger partial charge on any atom is 0.289 e. The van der Waals surface area contributed by atoms with Crippen molar-refractivity contribution in [3.63, 3.8) is 0 Å². The van der Waals surface area contributed by atoms with Crippen molar-refractivity contribution in [3.8, 4) is 5.75 Å². The van der Waals surface area contributed by atoms with Gasteiger partial charge in [-0.25, -0.2) is 0 Å². The zero-order valence-corrected chi connectivity index (χ0v) is 16.4. The van der Waals surface area contributed by atoms with Crippen molar-refractivity contribution in [1.82, 2.24) is 9.80 Å². The highest BCUT2D eigenvalue weighted by Crippen LogP contribution is 2.40. The van der Waals surface area contributed by atoms with Crippen LogP contribution in [0.1, 0.15) is 41.1 Å². The minimum atomic E-state index is -0.414. The first kappa shape index (κ1) is 18.6. The van der Waals surface area contributed by atoms with Gasteiger partial charge in [-0.05, 0) is 44.4 Å². The van der Waals surface area contributed by atoms with Crippen LogP contribution in [-0.2, 0) is 11.4 Å². The highest BCUT2D eigenvalue weighted by molar-refractivity contribution is 5.94. The Bertz CT molecular complexity index is 876. The molecule has 1 atom stereocenters. The molecule has 6 heteroatoms. The quantitative estimate of drug-likeness (QED) is 0.814. The van der Waals surface area contributed by atoms with Crippen molar-refractivity contribution in [2.24, 2.45) is 5.41 Å². The van der Waals surface area contributed by atoms with E-state index in [-0.39, 0.29) is 18.4 Å². The van der Waals surface area contributed by atoms with Crippen LogP contribution in [0.3, 0.4) is 0 Å². The standard InChI is InChI=1S/C22H26N2O4/c1-16-13-18(14-27-17-7-4-3-5-8-17)28-19(16)20(25)24-12-10-22(15-24)9-6-11-23(2)21(22)26/h3-5,7-8,13H,6,9-12,14-15H2,1-2H3/t22-/m1/s1. The van der Waals surface area contributed by atoms with E-state index >= 15 is 0 Å². The molecule has 148 valence electrons. The molecule has 0 radical (unpaired) electrons. The Balaban J connectivity index is 1.44. The first-order valence-electron chi connectivity index (χ1n) is 9.80. The number of likely N-dealkylation sites (tertiary alicyclic amines) is 2. The van der Waals surface area contributed by atoms with Crippen LogP contribution in [0.25, 0.3) is 0 Å². The summed E-state index contributed by atoms with van der Waals surface area (Å²) in [6.45, 7) is 4.01. The Hall–Kier alpha value is -2.76. The summed E-state index contributed by atoms with van der Waals surface area (Å²) >= 11 is 0. The SMILES string of the molecule is Cc1cc(COc2ccccc2)oc1C(=O)N1CC[C@]2(CCCN(C)C2=O)C1. The molecule has 2 aliphatic rings. The van der Waals surface area contributed by atoms with Crippen molar-refractivity contribution in [3.05, 3.63) is 53.5 Å². The van der Waals surface area contributed by atoms with Gasteiger partial charge in [-0.2, -0.15) is 0 Å². The number of nitrogens with zero attached hydrogens (tertiary/aromatic N) is 2. The second kappa shape index (κ2) is 7.34. The van der Waals surface area contributed by atoms with E-state index in [1.54, 1.807) is 9.80 Å². The van der Waals surface area contributed by atoms with Crippen molar-refractivity contribution in [2.75, 3.05) is 26.7 Å². The molecule has 2 aromatic rings. The summed E-state index contributed by atoms with van der Waals surface area (Å²) in [5, 5.41) is 0. The fraction of sp³-hybridized carbons (Fsp3) is 0.455. The smallest absolute Gasteiger partial charge is 0.289 e. The second-order valence-corrected chi connectivity index (χ2v) is 7.91. The van der Waals surface area contributed by atoms with E-state index in [0.29, 0.717) is 24.6 Å². The monoisotopic (exact) mass is 382 g/mol. The molecule has 4 rings (SSSR count). The van der Waals surface area contributed by atoms with Gasteiger partial charge in [0, 0.05) is 32.2 Å². The number of carbonyl (C=O) groups excluding carboxylic acids is 2. The fourth-order valence-electron chi connectivity index (χ4n) is 4.34. The summed E-state index contributed by atoms with van der Waals surface area (Å²) in [5.74, 6) is 1.75. The third kappa shape index (κ3) is 3.39. The molecule has 0 N–H and O–H groups in total. The number of rotatable bonds is 4. The lowest BCUT2D eigenvalue weighted by Gasteiger charge is -2.37. The highest BCUT2D eigenvalue weighted by Gasteiger charge is 2.49. The minimum Gasteiger partial charge on any atom is -0.486 e. The average Bonchev–Trinajstić information content (AvgIpc) is 3.29. The lowest BCUT2D eigenvalue weighted by molar-refractivity contribution is -0.143. The lowest BCUT2D eigenvalue weighted by atomic mass is 9.78. The molecule has 0 aliphatic carbocycles. The van der Waals surface area contributed by atoms with Crippen molar-refractivity contribution < 1.29 is 18.7 Å². The number of hydrogen-bond donors (Lipinski definition) is 0. The molecule has 3 heterocycles. The Labute approximate surface area is 165 Å². The van der Waals surface area contributed by atoms with Crippen LogP contribution in [0.15, 0.2) is 40.8 Å². The van der Waals surface area contributed by atoms with Gasteiger partial charge in [0.05, 0.1) is 5.41 Å². The number of benzene rings is 1. The van der Waals surface area contributed by atoms with Crippen LogP contribution in [-0.4, -0.2) is 48.3 Å². The number of furan rings is 1. The van der Waals surface area contributed by atoms with Gasteiger partial charge in [-0.3, -0.25) is 9.59 Å². The van der Waals surface area contributed by atoms with Gasteiger partial charge in [-0.15, -0.1) is 0 Å². The van der Waals surface area contributed by atoms with Gasteiger partial charge < -0.3 is 19.0 Å². The fourth-order valence-corrected chi connectivity index (χ4v) is 4.34. The van der Waals surface area contributed by atoms with Crippen LogP contribution in [0, 0.1) is 12.3 Å². The number of aryl methyl sites for hydroxylation is 1. The van der Waals surface area contributed by atoms with Gasteiger partial charge in [0.25, 0.3) is 5.91 Å². The zero-order chi connectivity index (χ0) is 19.7. The predicted molar refractivity (Wildman–Crippen MR) is 104 cm³/mol. The summed E-state index contributed by atoms with van der Waals surface area (Å²) in [5.41, 5.74) is 0.382. The molecular weight excluding hydrogens is 356 g/mol. The van der Waals surface area contributed by atoms with Crippen molar-refractivity contribution in [2.45, 2.75) is 32.8 Å². The number of piperidine rings is 1. The van der Waals surface area contributed by atoms with E-state index < -0.39 is 5.41 Å². The molecule has 1 aromatic carbocycles. The Morgan fingerprint density at radius 3 is 2.79 bits per heavy atom. The second-order valence-electron chi connectivity index (χ2n) is 7.91. The van der Waals surface area contributed by atoms with Gasteiger partial charge >= 0.3 is 0 Å². The molecule has 1 spiro atoms. The first-order valence-corrected chi connectivity index (χ1v) is 9.80. The topological polar surface area (TPSA) is 63.0 Å². The molecule has 1 aromatic heterocycles. The number of ether oxygens (including phenoxy) is 1. The summed E-state index contributed by atoms with van der Waals surface area (Å²) in [6, 6.07) is 11.4. The molecule has 2 fully saturated rings. The number of carbonyl (C=O) groups is 2. The van der Waals surface area contributed by atoms with E-state index in [1.165, 1.54) is 0 Å². The predicted octanol–water partition coefficient (Wildman–Crippen LogP) is 3.25. The van der Waals surface area contributed by atoms with Crippen molar-refractivity contribution >= 4 is 11.8 Å². The van der Waals surface area contributed by atoms with E-state index in [0.717, 1.165) is 37.1 Å². The number of para-hydroxylation sites is 1. The van der Waals surface area contributed by atoms with Crippen LogP contribution >= 0.6 is 0 Å². The molecule has 2 amide bonds. The van der Waals surface area contributed by atoms with Crippen molar-refractivity contribution in [1.29, 1.82) is 0 Å². The molecule has 2 aliphatic heterocycles. The molecule has 2 saturated heterocycles. The Morgan fingerprint density at radius 1 is 1.21 bits per heavy atom. The summed E-state index contributed by atoms with van der Waals surface area (Å²) < 4.78 is 11.5. The van der Waals surface area contributed by atoms with Crippen LogP contribution in [0.2, 0.25) is 0 Å². The molecule has 6 nitrogen and oxygen atoms in total. The molecule has 0 unspecified atom stereocenters. The van der Waals surface area contributed by atoms with Gasteiger partial charge in [-0.1, -0.05) is 18.2 Å². The third-order valence-corrected chi connectivity index (χ3v) is 5.88. The summed E-state index contributed by atoms with van der Waals surface area (Å²) in [7, 11) is 1.85. The molecule has 28 heavy (non-hydrogen) atoms. The highest BCUT2D eigenvalue weighted by atomic mass is 16.5. The first-order chi connectivity index (χ1) is 13.5. The van der Waals surface area contributed by atoms with Crippen LogP contribution in [0.4, 0.5) is 0 Å². The third-order valence-electron chi connectivity index (χ3n) is 5.88. The Morgan fingerprint density at radius 2 is 2.00 bits per heavy atom.